The van der Waals surface area contributed by atoms with Crippen molar-refractivity contribution in [3.05, 3.63) is 45.6 Å². The van der Waals surface area contributed by atoms with Crippen LogP contribution in [0.2, 0.25) is 0 Å². The SMILES string of the molecule is COc1cc2sc(C(=O)C[C@H](C)C(=O)O)cc2cc1CCCOc1nc2cc(C(=O)CCC(=O)O)sc2cc1OC. The number of benzene rings is 1. The van der Waals surface area contributed by atoms with Crippen molar-refractivity contribution in [1.82, 2.24) is 4.98 Å². The van der Waals surface area contributed by atoms with Gasteiger partial charge in [0.1, 0.15) is 5.75 Å². The molecule has 1 aromatic carbocycles. The van der Waals surface area contributed by atoms with Crippen LogP contribution in [-0.4, -0.2) is 59.5 Å². The van der Waals surface area contributed by atoms with Gasteiger partial charge in [-0.15, -0.1) is 22.7 Å². The Labute approximate surface area is 243 Å². The van der Waals surface area contributed by atoms with Crippen LogP contribution in [-0.2, 0) is 16.0 Å². The molecule has 2 N–H and O–H groups in total. The topological polar surface area (TPSA) is 149 Å². The first kappa shape index (κ1) is 29.9. The lowest BCUT2D eigenvalue weighted by Gasteiger charge is -2.11. The molecule has 0 aliphatic carbocycles. The highest BCUT2D eigenvalue weighted by Gasteiger charge is 2.20. The van der Waals surface area contributed by atoms with Gasteiger partial charge in [-0.25, -0.2) is 4.98 Å². The van der Waals surface area contributed by atoms with Gasteiger partial charge < -0.3 is 24.4 Å². The number of pyridine rings is 1. The van der Waals surface area contributed by atoms with Crippen molar-refractivity contribution in [3.63, 3.8) is 0 Å². The number of thiophene rings is 2. The number of nitrogens with zero attached hydrogens (tertiary/aromatic N) is 1. The minimum atomic E-state index is -1.02. The van der Waals surface area contributed by atoms with Gasteiger partial charge in [-0.2, -0.15) is 0 Å². The van der Waals surface area contributed by atoms with Gasteiger partial charge in [0.05, 0.1) is 53.1 Å². The zero-order valence-corrected chi connectivity index (χ0v) is 24.4. The average molecular weight is 600 g/mol. The van der Waals surface area contributed by atoms with Crippen LogP contribution in [0.25, 0.3) is 20.3 Å². The molecule has 0 bridgehead atoms. The minimum absolute atomic E-state index is 0.0551. The van der Waals surface area contributed by atoms with E-state index < -0.39 is 17.9 Å². The van der Waals surface area contributed by atoms with Crippen molar-refractivity contribution in [2.45, 2.75) is 39.0 Å². The van der Waals surface area contributed by atoms with Gasteiger partial charge in [0.2, 0.25) is 0 Å². The fourth-order valence-corrected chi connectivity index (χ4v) is 6.22. The fraction of sp³-hybridized carbons (Fsp3) is 0.345. The Bertz CT molecular complexity index is 1620. The van der Waals surface area contributed by atoms with Gasteiger partial charge in [0, 0.05) is 23.6 Å². The number of aryl methyl sites for hydroxylation is 1. The first-order chi connectivity index (χ1) is 19.6. The number of methoxy groups -OCH3 is 2. The number of aromatic nitrogens is 1. The second kappa shape index (κ2) is 13.1. The van der Waals surface area contributed by atoms with E-state index >= 15 is 0 Å². The third-order valence-corrected chi connectivity index (χ3v) is 8.68. The first-order valence-corrected chi connectivity index (χ1v) is 14.5. The van der Waals surface area contributed by atoms with Crippen LogP contribution < -0.4 is 14.2 Å². The summed E-state index contributed by atoms with van der Waals surface area (Å²) < 4.78 is 18.6. The zero-order valence-electron chi connectivity index (χ0n) is 22.7. The molecular formula is C29H29NO9S2. The molecule has 4 rings (SSSR count). The minimum Gasteiger partial charge on any atom is -0.496 e. The maximum absolute atomic E-state index is 12.6. The lowest BCUT2D eigenvalue weighted by Crippen LogP contribution is -2.13. The highest BCUT2D eigenvalue weighted by atomic mass is 32.1. The van der Waals surface area contributed by atoms with Gasteiger partial charge in [-0.05, 0) is 48.1 Å². The quantitative estimate of drug-likeness (QED) is 0.125. The number of ether oxygens (including phenoxy) is 3. The zero-order chi connectivity index (χ0) is 29.7. The fourth-order valence-electron chi connectivity index (χ4n) is 4.20. The average Bonchev–Trinajstić information content (AvgIpc) is 3.56. The Hall–Kier alpha value is -4.03. The predicted octanol–water partition coefficient (Wildman–Crippen LogP) is 5.88. The standard InChI is InChI=1S/C29H29NO9S2/c1-15(29(35)36)9-20(32)25-11-17-10-16(21(37-2)13-23(17)40-25)5-4-8-39-28-22(38-3)14-24-18(30-28)12-26(41-24)19(31)6-7-27(33)34/h10-15H,4-9H2,1-3H3,(H,33,34)(H,35,36)/t15-/m0/s1. The Morgan fingerprint density at radius 1 is 0.878 bits per heavy atom. The lowest BCUT2D eigenvalue weighted by atomic mass is 10.0. The number of carbonyl (C=O) groups is 4. The molecule has 216 valence electrons. The van der Waals surface area contributed by atoms with Crippen molar-refractivity contribution < 1.29 is 43.6 Å². The summed E-state index contributed by atoms with van der Waals surface area (Å²) in [5.41, 5.74) is 1.51. The Morgan fingerprint density at radius 2 is 1.56 bits per heavy atom. The molecule has 3 aromatic heterocycles. The molecule has 0 radical (unpaired) electrons. The van der Waals surface area contributed by atoms with E-state index in [4.69, 9.17) is 24.4 Å². The number of ketones is 2. The van der Waals surface area contributed by atoms with Crippen LogP contribution in [0.15, 0.2) is 30.3 Å². The van der Waals surface area contributed by atoms with Gasteiger partial charge >= 0.3 is 11.9 Å². The van der Waals surface area contributed by atoms with Crippen LogP contribution in [0, 0.1) is 5.92 Å². The summed E-state index contributed by atoms with van der Waals surface area (Å²) >= 11 is 2.55. The summed E-state index contributed by atoms with van der Waals surface area (Å²) in [6.07, 6.45) is 0.887. The smallest absolute Gasteiger partial charge is 0.306 e. The molecule has 0 spiro atoms. The van der Waals surface area contributed by atoms with Crippen LogP contribution in [0.5, 0.6) is 17.4 Å². The maximum atomic E-state index is 12.6. The van der Waals surface area contributed by atoms with Crippen LogP contribution in [0.4, 0.5) is 0 Å². The van der Waals surface area contributed by atoms with E-state index in [1.807, 2.05) is 12.1 Å². The molecule has 0 saturated carbocycles. The first-order valence-electron chi connectivity index (χ1n) is 12.8. The third-order valence-electron chi connectivity index (χ3n) is 6.43. The summed E-state index contributed by atoms with van der Waals surface area (Å²) in [4.78, 5) is 52.3. The van der Waals surface area contributed by atoms with Crippen LogP contribution in [0.1, 0.15) is 57.5 Å². The number of hydrogen-bond acceptors (Lipinski definition) is 10. The van der Waals surface area contributed by atoms with E-state index in [9.17, 15) is 19.2 Å². The summed E-state index contributed by atoms with van der Waals surface area (Å²) in [7, 11) is 3.09. The molecule has 12 heteroatoms. The van der Waals surface area contributed by atoms with Crippen molar-refractivity contribution >= 4 is 66.5 Å². The normalized spacial score (nSPS) is 11.9. The van der Waals surface area contributed by atoms with Crippen molar-refractivity contribution in [2.24, 2.45) is 5.92 Å². The predicted molar refractivity (Wildman–Crippen MR) is 155 cm³/mol. The van der Waals surface area contributed by atoms with Gasteiger partial charge in [-0.1, -0.05) is 6.92 Å². The molecule has 10 nitrogen and oxygen atoms in total. The second-order valence-corrected chi connectivity index (χ2v) is 11.6. The number of hydrogen-bond donors (Lipinski definition) is 2. The molecular weight excluding hydrogens is 570 g/mol. The summed E-state index contributed by atoms with van der Waals surface area (Å²) in [6, 6.07) is 9.04. The monoisotopic (exact) mass is 599 g/mol. The van der Waals surface area contributed by atoms with Crippen molar-refractivity contribution in [2.75, 3.05) is 20.8 Å². The number of aliphatic carboxylic acids is 2. The van der Waals surface area contributed by atoms with E-state index in [0.29, 0.717) is 52.1 Å². The van der Waals surface area contributed by atoms with E-state index in [1.165, 1.54) is 36.7 Å². The highest BCUT2D eigenvalue weighted by Crippen LogP contribution is 2.36. The largest absolute Gasteiger partial charge is 0.496 e. The van der Waals surface area contributed by atoms with Gasteiger partial charge in [0.15, 0.2) is 17.3 Å². The Balaban J connectivity index is 1.43. The van der Waals surface area contributed by atoms with Gasteiger partial charge in [0.25, 0.3) is 5.88 Å². The number of Topliss-reactive ketones (excluding diaryl/α,β-unsaturated/α-hetero) is 2. The summed E-state index contributed by atoms with van der Waals surface area (Å²) in [6.45, 7) is 1.84. The van der Waals surface area contributed by atoms with Crippen molar-refractivity contribution in [3.8, 4) is 17.4 Å². The van der Waals surface area contributed by atoms with E-state index in [-0.39, 0.29) is 30.8 Å². The molecule has 0 fully saturated rings. The summed E-state index contributed by atoms with van der Waals surface area (Å²) in [5.74, 6) is -1.81. The third kappa shape index (κ3) is 7.19. The molecule has 4 aromatic rings. The van der Waals surface area contributed by atoms with Crippen LogP contribution in [0.3, 0.4) is 0 Å². The molecule has 0 unspecified atom stereocenters. The highest BCUT2D eigenvalue weighted by molar-refractivity contribution is 7.21. The molecule has 0 saturated heterocycles. The van der Waals surface area contributed by atoms with E-state index in [1.54, 1.807) is 25.3 Å². The molecule has 1 atom stereocenters. The number of carboxylic acid groups (broad SMARTS) is 2. The maximum Gasteiger partial charge on any atom is 0.306 e. The molecule has 41 heavy (non-hydrogen) atoms. The van der Waals surface area contributed by atoms with E-state index in [2.05, 4.69) is 4.98 Å². The number of carboxylic acids is 2. The van der Waals surface area contributed by atoms with Crippen molar-refractivity contribution in [1.29, 1.82) is 0 Å². The van der Waals surface area contributed by atoms with E-state index in [0.717, 1.165) is 20.3 Å². The number of rotatable bonds is 15. The van der Waals surface area contributed by atoms with Gasteiger partial charge in [-0.3, -0.25) is 19.2 Å². The molecule has 3 heterocycles. The molecule has 0 aliphatic heterocycles. The lowest BCUT2D eigenvalue weighted by molar-refractivity contribution is -0.141. The number of fused-ring (bicyclic) bond motifs is 2. The number of carbonyl (C=O) groups excluding carboxylic acids is 2. The molecule has 0 aliphatic rings. The van der Waals surface area contributed by atoms with Crippen LogP contribution >= 0.6 is 22.7 Å². The molecule has 0 amide bonds. The Morgan fingerprint density at radius 3 is 2.24 bits per heavy atom. The second-order valence-electron chi connectivity index (χ2n) is 9.44. The summed E-state index contributed by atoms with van der Waals surface area (Å²) in [5, 5.41) is 18.8. The Kier molecular flexibility index (Phi) is 9.56.